The highest BCUT2D eigenvalue weighted by Gasteiger charge is 2.33. The highest BCUT2D eigenvalue weighted by molar-refractivity contribution is 4.92. The molecule has 0 saturated heterocycles. The zero-order valence-corrected chi connectivity index (χ0v) is 12.6. The molecule has 20 heavy (non-hydrogen) atoms. The van der Waals surface area contributed by atoms with Gasteiger partial charge in [-0.3, -0.25) is 4.90 Å². The van der Waals surface area contributed by atoms with Crippen LogP contribution in [0.4, 0.5) is 13.2 Å². The lowest BCUT2D eigenvalue weighted by atomic mass is 9.96. The molecule has 0 spiro atoms. The van der Waals surface area contributed by atoms with Crippen molar-refractivity contribution in [3.8, 4) is 0 Å². The summed E-state index contributed by atoms with van der Waals surface area (Å²) in [6.07, 6.45) is -0.577. The molecule has 1 aliphatic carbocycles. The van der Waals surface area contributed by atoms with Gasteiger partial charge in [-0.2, -0.15) is 13.2 Å². The molecule has 0 heterocycles. The van der Waals surface area contributed by atoms with Gasteiger partial charge >= 0.3 is 6.18 Å². The van der Waals surface area contributed by atoms with Crippen molar-refractivity contribution in [2.24, 2.45) is 0 Å². The smallest absolute Gasteiger partial charge is 0.394 e. The average Bonchev–Trinajstić information content (AvgIpc) is 3.09. The number of halogens is 3. The summed E-state index contributed by atoms with van der Waals surface area (Å²) in [5, 5.41) is 12.8. The molecule has 0 aromatic carbocycles. The van der Waals surface area contributed by atoms with Crippen molar-refractivity contribution in [2.45, 2.75) is 70.3 Å². The molecular formula is C14H27F3N2O. The first kappa shape index (κ1) is 17.7. The van der Waals surface area contributed by atoms with Gasteiger partial charge in [0, 0.05) is 17.6 Å². The highest BCUT2D eigenvalue weighted by Crippen LogP contribution is 2.25. The Balaban J connectivity index is 2.38. The number of aliphatic hydroxyl groups excluding tert-OH is 1. The van der Waals surface area contributed by atoms with Crippen LogP contribution in [0.25, 0.3) is 0 Å². The standard InChI is InChI=1S/C14H27F3N2O/c1-11(2)19(9-14(15,16)17)8-4-7-13(3,10-20)18-12-5-6-12/h11-12,18,20H,4-10H2,1-3H3. The van der Waals surface area contributed by atoms with Crippen LogP contribution in [-0.2, 0) is 0 Å². The van der Waals surface area contributed by atoms with E-state index in [1.807, 2.05) is 6.92 Å². The molecule has 1 unspecified atom stereocenters. The summed E-state index contributed by atoms with van der Waals surface area (Å²) in [6, 6.07) is 0.344. The van der Waals surface area contributed by atoms with Gasteiger partial charge in [0.1, 0.15) is 0 Å². The fourth-order valence-electron chi connectivity index (χ4n) is 2.34. The van der Waals surface area contributed by atoms with E-state index in [0.29, 0.717) is 25.4 Å². The van der Waals surface area contributed by atoms with Gasteiger partial charge in [0.15, 0.2) is 0 Å². The molecule has 0 radical (unpaired) electrons. The SMILES string of the molecule is CC(C)N(CCCC(C)(CO)NC1CC1)CC(F)(F)F. The van der Waals surface area contributed by atoms with Crippen molar-refractivity contribution >= 4 is 0 Å². The first-order chi connectivity index (χ1) is 9.15. The minimum absolute atomic E-state index is 0.0183. The summed E-state index contributed by atoms with van der Waals surface area (Å²) in [4.78, 5) is 1.44. The number of hydrogen-bond donors (Lipinski definition) is 2. The van der Waals surface area contributed by atoms with Crippen LogP contribution in [0, 0.1) is 0 Å². The Hall–Kier alpha value is -0.330. The van der Waals surface area contributed by atoms with E-state index in [9.17, 15) is 18.3 Å². The van der Waals surface area contributed by atoms with E-state index >= 15 is 0 Å². The second kappa shape index (κ2) is 7.09. The van der Waals surface area contributed by atoms with E-state index < -0.39 is 12.7 Å². The van der Waals surface area contributed by atoms with Gasteiger partial charge < -0.3 is 10.4 Å². The molecule has 1 atom stereocenters. The third kappa shape index (κ3) is 6.90. The lowest BCUT2D eigenvalue weighted by Crippen LogP contribution is -2.48. The number of aliphatic hydroxyl groups is 1. The van der Waals surface area contributed by atoms with Crippen molar-refractivity contribution in [1.82, 2.24) is 10.2 Å². The van der Waals surface area contributed by atoms with E-state index in [1.54, 1.807) is 13.8 Å². The zero-order chi connectivity index (χ0) is 15.4. The molecule has 1 saturated carbocycles. The molecule has 0 aromatic heterocycles. The Kier molecular flexibility index (Phi) is 6.28. The highest BCUT2D eigenvalue weighted by atomic mass is 19.4. The van der Waals surface area contributed by atoms with E-state index in [0.717, 1.165) is 12.8 Å². The van der Waals surface area contributed by atoms with Crippen LogP contribution in [-0.4, -0.2) is 53.5 Å². The van der Waals surface area contributed by atoms with Crippen LogP contribution in [0.2, 0.25) is 0 Å². The van der Waals surface area contributed by atoms with Crippen LogP contribution in [0.5, 0.6) is 0 Å². The van der Waals surface area contributed by atoms with Gasteiger partial charge in [0.05, 0.1) is 13.2 Å². The summed E-state index contributed by atoms with van der Waals surface area (Å²) in [6.45, 7) is 5.05. The Morgan fingerprint density at radius 3 is 2.30 bits per heavy atom. The van der Waals surface area contributed by atoms with Crippen LogP contribution in [0.1, 0.15) is 46.5 Å². The lowest BCUT2D eigenvalue weighted by molar-refractivity contribution is -0.149. The minimum Gasteiger partial charge on any atom is -0.394 e. The summed E-state index contributed by atoms with van der Waals surface area (Å²) in [7, 11) is 0. The fourth-order valence-corrected chi connectivity index (χ4v) is 2.34. The topological polar surface area (TPSA) is 35.5 Å². The van der Waals surface area contributed by atoms with Crippen LogP contribution in [0.15, 0.2) is 0 Å². The molecule has 0 aromatic rings. The number of alkyl halides is 3. The number of nitrogens with zero attached hydrogens (tertiary/aromatic N) is 1. The zero-order valence-electron chi connectivity index (χ0n) is 12.6. The maximum absolute atomic E-state index is 12.5. The molecule has 3 nitrogen and oxygen atoms in total. The predicted octanol–water partition coefficient (Wildman–Crippen LogP) is 2.54. The largest absolute Gasteiger partial charge is 0.401 e. The van der Waals surface area contributed by atoms with Gasteiger partial charge in [-0.15, -0.1) is 0 Å². The monoisotopic (exact) mass is 296 g/mol. The molecule has 0 amide bonds. The second-order valence-corrected chi connectivity index (χ2v) is 6.42. The Labute approximate surface area is 119 Å². The Morgan fingerprint density at radius 1 is 1.30 bits per heavy atom. The maximum atomic E-state index is 12.5. The molecule has 1 aliphatic rings. The molecule has 1 fully saturated rings. The number of hydrogen-bond acceptors (Lipinski definition) is 3. The third-order valence-electron chi connectivity index (χ3n) is 3.77. The minimum atomic E-state index is -4.16. The van der Waals surface area contributed by atoms with Gasteiger partial charge in [0.2, 0.25) is 0 Å². The van der Waals surface area contributed by atoms with Crippen molar-refractivity contribution in [2.75, 3.05) is 19.7 Å². The molecule has 0 aliphatic heterocycles. The average molecular weight is 296 g/mol. The summed E-state index contributed by atoms with van der Waals surface area (Å²) in [5.41, 5.74) is -0.373. The molecule has 120 valence electrons. The van der Waals surface area contributed by atoms with Crippen LogP contribution in [0.3, 0.4) is 0 Å². The van der Waals surface area contributed by atoms with Gasteiger partial charge in [-0.1, -0.05) is 0 Å². The van der Waals surface area contributed by atoms with E-state index in [-0.39, 0.29) is 18.2 Å². The van der Waals surface area contributed by atoms with Crippen LogP contribution < -0.4 is 5.32 Å². The summed E-state index contributed by atoms with van der Waals surface area (Å²) < 4.78 is 37.4. The van der Waals surface area contributed by atoms with E-state index in [4.69, 9.17) is 0 Å². The van der Waals surface area contributed by atoms with E-state index in [1.165, 1.54) is 4.90 Å². The molecular weight excluding hydrogens is 269 g/mol. The van der Waals surface area contributed by atoms with Gasteiger partial charge in [0.25, 0.3) is 0 Å². The van der Waals surface area contributed by atoms with Gasteiger partial charge in [-0.05, 0) is 53.0 Å². The normalized spacial score (nSPS) is 19.6. The van der Waals surface area contributed by atoms with Crippen molar-refractivity contribution < 1.29 is 18.3 Å². The first-order valence-electron chi connectivity index (χ1n) is 7.34. The molecule has 6 heteroatoms. The maximum Gasteiger partial charge on any atom is 0.401 e. The van der Waals surface area contributed by atoms with Gasteiger partial charge in [-0.25, -0.2) is 0 Å². The Bertz CT molecular complexity index is 293. The van der Waals surface area contributed by atoms with E-state index in [2.05, 4.69) is 5.32 Å². The number of nitrogens with one attached hydrogen (secondary N) is 1. The predicted molar refractivity (Wildman–Crippen MR) is 73.6 cm³/mol. The van der Waals surface area contributed by atoms with Crippen molar-refractivity contribution in [1.29, 1.82) is 0 Å². The number of rotatable bonds is 9. The molecule has 1 rings (SSSR count). The van der Waals surface area contributed by atoms with Crippen LogP contribution >= 0.6 is 0 Å². The Morgan fingerprint density at radius 2 is 1.90 bits per heavy atom. The van der Waals surface area contributed by atoms with Crippen molar-refractivity contribution in [3.05, 3.63) is 0 Å². The molecule has 2 N–H and O–H groups in total. The summed E-state index contributed by atoms with van der Waals surface area (Å²) in [5.74, 6) is 0. The first-order valence-corrected chi connectivity index (χ1v) is 7.34. The lowest BCUT2D eigenvalue weighted by Gasteiger charge is -2.32. The van der Waals surface area contributed by atoms with Crippen molar-refractivity contribution in [3.63, 3.8) is 0 Å². The second-order valence-electron chi connectivity index (χ2n) is 6.42. The fraction of sp³-hybridized carbons (Fsp3) is 1.00. The third-order valence-corrected chi connectivity index (χ3v) is 3.77. The summed E-state index contributed by atoms with van der Waals surface area (Å²) >= 11 is 0. The quantitative estimate of drug-likeness (QED) is 0.686. The molecule has 0 bridgehead atoms.